The molecule has 0 radical (unpaired) electrons. The Morgan fingerprint density at radius 3 is 2.83 bits per heavy atom. The number of ether oxygens (including phenoxy) is 1. The number of hydrogen-bond donors (Lipinski definition) is 1. The van der Waals surface area contributed by atoms with E-state index in [1.165, 1.54) is 0 Å². The summed E-state index contributed by atoms with van der Waals surface area (Å²) in [5, 5.41) is 4.58. The fourth-order valence-corrected chi connectivity index (χ4v) is 2.19. The molecule has 1 aromatic rings. The Hall–Kier alpha value is -0.590. The lowest BCUT2D eigenvalue weighted by Gasteiger charge is -2.11. The van der Waals surface area contributed by atoms with Gasteiger partial charge >= 0.3 is 0 Å². The first kappa shape index (κ1) is 15.5. The van der Waals surface area contributed by atoms with Crippen molar-refractivity contribution < 1.29 is 9.26 Å². The lowest BCUT2D eigenvalue weighted by atomic mass is 10.2. The third kappa shape index (κ3) is 5.37. The first-order valence-corrected chi connectivity index (χ1v) is 7.49. The molecule has 5 nitrogen and oxygen atoms in total. The standard InChI is InChI=1S/C12H23N3O2S/c1-4-9(3)18-8-11-14-12(17-15-11)6-10(7-13)16-5-2/h9-10H,4-8,13H2,1-3H3. The van der Waals surface area contributed by atoms with Gasteiger partial charge in [-0.1, -0.05) is 19.0 Å². The zero-order valence-electron chi connectivity index (χ0n) is 11.4. The van der Waals surface area contributed by atoms with Crippen LogP contribution in [0.2, 0.25) is 0 Å². The van der Waals surface area contributed by atoms with Crippen LogP contribution in [-0.4, -0.2) is 34.6 Å². The molecule has 0 spiro atoms. The minimum absolute atomic E-state index is 0.0366. The average Bonchev–Trinajstić information content (AvgIpc) is 2.83. The Kier molecular flexibility index (Phi) is 7.31. The number of nitrogens with two attached hydrogens (primary N) is 1. The molecular formula is C12H23N3O2S. The van der Waals surface area contributed by atoms with E-state index in [4.69, 9.17) is 15.0 Å². The summed E-state index contributed by atoms with van der Waals surface area (Å²) < 4.78 is 10.7. The second-order valence-corrected chi connectivity index (χ2v) is 5.58. The molecule has 1 rings (SSSR count). The molecule has 18 heavy (non-hydrogen) atoms. The summed E-state index contributed by atoms with van der Waals surface area (Å²) in [5.74, 6) is 2.15. The lowest BCUT2D eigenvalue weighted by molar-refractivity contribution is 0.0636. The van der Waals surface area contributed by atoms with Crippen LogP contribution < -0.4 is 5.73 Å². The molecule has 0 aliphatic carbocycles. The third-order valence-corrected chi connectivity index (χ3v) is 3.98. The second-order valence-electron chi connectivity index (χ2n) is 4.15. The van der Waals surface area contributed by atoms with Crippen LogP contribution in [0.1, 0.15) is 38.9 Å². The summed E-state index contributed by atoms with van der Waals surface area (Å²) in [5.41, 5.74) is 5.61. The van der Waals surface area contributed by atoms with Gasteiger partial charge in [-0.15, -0.1) is 0 Å². The SMILES string of the molecule is CCOC(CN)Cc1nc(CSC(C)CC)no1. The predicted octanol–water partition coefficient (Wildman–Crippen LogP) is 2.01. The van der Waals surface area contributed by atoms with E-state index in [0.717, 1.165) is 18.0 Å². The van der Waals surface area contributed by atoms with Crippen LogP contribution in [0.3, 0.4) is 0 Å². The number of nitrogens with zero attached hydrogens (tertiary/aromatic N) is 2. The largest absolute Gasteiger partial charge is 0.377 e. The molecule has 0 amide bonds. The Labute approximate surface area is 113 Å². The van der Waals surface area contributed by atoms with E-state index in [0.29, 0.717) is 30.7 Å². The van der Waals surface area contributed by atoms with Crippen molar-refractivity contribution in [3.8, 4) is 0 Å². The minimum Gasteiger partial charge on any atom is -0.377 e. The minimum atomic E-state index is -0.0366. The molecule has 1 aromatic heterocycles. The van der Waals surface area contributed by atoms with E-state index in [2.05, 4.69) is 24.0 Å². The maximum absolute atomic E-state index is 5.61. The Bertz CT molecular complexity index is 333. The summed E-state index contributed by atoms with van der Waals surface area (Å²) in [6.45, 7) is 7.43. The number of hydrogen-bond acceptors (Lipinski definition) is 6. The average molecular weight is 273 g/mol. The van der Waals surface area contributed by atoms with E-state index in [9.17, 15) is 0 Å². The van der Waals surface area contributed by atoms with Crippen molar-refractivity contribution in [2.75, 3.05) is 13.2 Å². The second kappa shape index (κ2) is 8.50. The van der Waals surface area contributed by atoms with Crippen molar-refractivity contribution in [3.63, 3.8) is 0 Å². The zero-order chi connectivity index (χ0) is 13.4. The molecule has 1 heterocycles. The van der Waals surface area contributed by atoms with E-state index in [-0.39, 0.29) is 6.10 Å². The molecule has 6 heteroatoms. The molecule has 2 unspecified atom stereocenters. The van der Waals surface area contributed by atoms with Crippen LogP contribution >= 0.6 is 11.8 Å². The van der Waals surface area contributed by atoms with Gasteiger partial charge in [-0.3, -0.25) is 0 Å². The molecule has 0 fully saturated rings. The highest BCUT2D eigenvalue weighted by Gasteiger charge is 2.14. The molecule has 0 aliphatic rings. The van der Waals surface area contributed by atoms with E-state index in [1.807, 2.05) is 18.7 Å². The van der Waals surface area contributed by atoms with Crippen LogP contribution in [0, 0.1) is 0 Å². The first-order chi connectivity index (χ1) is 8.69. The molecule has 0 bridgehead atoms. The van der Waals surface area contributed by atoms with Gasteiger partial charge in [0.1, 0.15) is 0 Å². The van der Waals surface area contributed by atoms with Gasteiger partial charge in [0.15, 0.2) is 5.82 Å². The predicted molar refractivity (Wildman–Crippen MR) is 73.5 cm³/mol. The summed E-state index contributed by atoms with van der Waals surface area (Å²) in [7, 11) is 0. The van der Waals surface area contributed by atoms with Crippen molar-refractivity contribution in [2.24, 2.45) is 5.73 Å². The monoisotopic (exact) mass is 273 g/mol. The quantitative estimate of drug-likeness (QED) is 0.742. The smallest absolute Gasteiger partial charge is 0.229 e. The molecular weight excluding hydrogens is 250 g/mol. The highest BCUT2D eigenvalue weighted by Crippen LogP contribution is 2.18. The highest BCUT2D eigenvalue weighted by atomic mass is 32.2. The topological polar surface area (TPSA) is 74.2 Å². The zero-order valence-corrected chi connectivity index (χ0v) is 12.2. The molecule has 0 aliphatic heterocycles. The number of thioether (sulfide) groups is 1. The fourth-order valence-electron chi connectivity index (χ4n) is 1.41. The van der Waals surface area contributed by atoms with Crippen LogP contribution in [0.25, 0.3) is 0 Å². The van der Waals surface area contributed by atoms with Gasteiger partial charge in [-0.2, -0.15) is 16.7 Å². The van der Waals surface area contributed by atoms with E-state index < -0.39 is 0 Å². The first-order valence-electron chi connectivity index (χ1n) is 6.44. The van der Waals surface area contributed by atoms with Crippen LogP contribution in [0.15, 0.2) is 4.52 Å². The van der Waals surface area contributed by atoms with Crippen molar-refractivity contribution in [2.45, 2.75) is 50.7 Å². The van der Waals surface area contributed by atoms with Crippen LogP contribution in [0.4, 0.5) is 0 Å². The van der Waals surface area contributed by atoms with Gasteiger partial charge in [0.25, 0.3) is 0 Å². The van der Waals surface area contributed by atoms with Crippen molar-refractivity contribution in [1.82, 2.24) is 10.1 Å². The molecule has 2 N–H and O–H groups in total. The lowest BCUT2D eigenvalue weighted by Crippen LogP contribution is -2.26. The van der Waals surface area contributed by atoms with Gasteiger partial charge in [-0.05, 0) is 13.3 Å². The molecule has 2 atom stereocenters. The maximum atomic E-state index is 5.61. The van der Waals surface area contributed by atoms with E-state index in [1.54, 1.807) is 0 Å². The van der Waals surface area contributed by atoms with Gasteiger partial charge in [0.05, 0.1) is 18.3 Å². The molecule has 0 saturated carbocycles. The highest BCUT2D eigenvalue weighted by molar-refractivity contribution is 7.99. The Balaban J connectivity index is 2.42. The van der Waals surface area contributed by atoms with Gasteiger partial charge in [0.2, 0.25) is 5.89 Å². The normalized spacial score (nSPS) is 14.7. The Morgan fingerprint density at radius 1 is 1.44 bits per heavy atom. The van der Waals surface area contributed by atoms with Crippen molar-refractivity contribution >= 4 is 11.8 Å². The molecule has 0 saturated heterocycles. The number of rotatable bonds is 9. The maximum Gasteiger partial charge on any atom is 0.229 e. The van der Waals surface area contributed by atoms with Gasteiger partial charge in [-0.25, -0.2) is 0 Å². The van der Waals surface area contributed by atoms with Crippen LogP contribution in [0.5, 0.6) is 0 Å². The fraction of sp³-hybridized carbons (Fsp3) is 0.833. The summed E-state index contributed by atoms with van der Waals surface area (Å²) in [4.78, 5) is 4.35. The molecule has 0 aromatic carbocycles. The molecule has 104 valence electrons. The number of aromatic nitrogens is 2. The van der Waals surface area contributed by atoms with Crippen LogP contribution in [-0.2, 0) is 16.9 Å². The van der Waals surface area contributed by atoms with E-state index >= 15 is 0 Å². The van der Waals surface area contributed by atoms with Crippen molar-refractivity contribution in [1.29, 1.82) is 0 Å². The van der Waals surface area contributed by atoms with Gasteiger partial charge in [0, 0.05) is 18.4 Å². The summed E-state index contributed by atoms with van der Waals surface area (Å²) in [6, 6.07) is 0. The third-order valence-electron chi connectivity index (χ3n) is 2.65. The summed E-state index contributed by atoms with van der Waals surface area (Å²) >= 11 is 1.84. The summed E-state index contributed by atoms with van der Waals surface area (Å²) in [6.07, 6.45) is 1.70. The van der Waals surface area contributed by atoms with Crippen molar-refractivity contribution in [3.05, 3.63) is 11.7 Å². The van der Waals surface area contributed by atoms with Gasteiger partial charge < -0.3 is 15.0 Å². The Morgan fingerprint density at radius 2 is 2.22 bits per heavy atom.